The SMILES string of the molecule is COc1ccc(-c2cnc(C(=O)Nc3ccc(C(=O)N4CCN(C(=O)C5CC[N+](CCCN)(CC(=O)[O-])CC5)CC4)c(Cl)c3)n2C)c(F)c1F. The van der Waals surface area contributed by atoms with Crippen LogP contribution in [0, 0.1) is 17.6 Å². The Bertz CT molecular complexity index is 1770. The minimum Gasteiger partial charge on any atom is -0.544 e. The molecule has 3 aromatic rings. The summed E-state index contributed by atoms with van der Waals surface area (Å²) in [5, 5.41) is 14.2. The fourth-order valence-electron chi connectivity index (χ4n) is 6.79. The zero-order chi connectivity index (χ0) is 36.2. The van der Waals surface area contributed by atoms with Gasteiger partial charge < -0.3 is 44.5 Å². The Morgan fingerprint density at radius 2 is 1.74 bits per heavy atom. The molecule has 3 N–H and O–H groups in total. The number of carboxylic acid groups (broad SMARTS) is 1. The van der Waals surface area contributed by atoms with Crippen LogP contribution in [0.15, 0.2) is 36.5 Å². The fraction of sp³-hybridized carbons (Fsp3) is 0.441. The highest BCUT2D eigenvalue weighted by Gasteiger charge is 2.38. The molecule has 2 aliphatic heterocycles. The van der Waals surface area contributed by atoms with Crippen molar-refractivity contribution in [1.82, 2.24) is 19.4 Å². The van der Waals surface area contributed by atoms with Crippen molar-refractivity contribution in [2.24, 2.45) is 18.7 Å². The van der Waals surface area contributed by atoms with E-state index in [1.165, 1.54) is 55.3 Å². The van der Waals surface area contributed by atoms with Gasteiger partial charge in [0.25, 0.3) is 11.8 Å². The molecular formula is C34H40ClF2N7O6. The summed E-state index contributed by atoms with van der Waals surface area (Å²) >= 11 is 6.49. The molecule has 16 heteroatoms. The topological polar surface area (TPSA) is 163 Å². The number of aliphatic carboxylic acids is 1. The van der Waals surface area contributed by atoms with Crippen molar-refractivity contribution in [2.75, 3.05) is 71.3 Å². The summed E-state index contributed by atoms with van der Waals surface area (Å²) < 4.78 is 35.5. The number of methoxy groups -OCH3 is 1. The standard InChI is InChI=1S/C34H40ClF2N7O6/c1-41-26(24-6-7-27(50-2)30(37)29(24)36)19-39-31(41)32(47)40-22-4-5-23(25(35)18-22)34(49)43-13-11-42(12-14-43)33(48)21-8-16-44(17-9-21,15-3-10-38)20-28(45)46/h4-7,18-19,21H,3,8-17,20,38H2,1-2H3,(H-,40,45,46,47,49). The number of piperazine rings is 1. The molecule has 2 aromatic carbocycles. The third-order valence-electron chi connectivity index (χ3n) is 9.62. The number of quaternary nitrogens is 1. The molecule has 0 bridgehead atoms. The predicted octanol–water partition coefficient (Wildman–Crippen LogP) is 1.89. The Morgan fingerprint density at radius 1 is 1.06 bits per heavy atom. The van der Waals surface area contributed by atoms with Crippen molar-refractivity contribution in [3.05, 3.63) is 64.6 Å². The van der Waals surface area contributed by atoms with Crippen LogP contribution in [-0.2, 0) is 16.6 Å². The molecule has 268 valence electrons. The highest BCUT2D eigenvalue weighted by atomic mass is 35.5. The normalized spacial score (nSPS) is 19.3. The molecule has 3 heterocycles. The van der Waals surface area contributed by atoms with Crippen LogP contribution in [0.2, 0.25) is 5.02 Å². The van der Waals surface area contributed by atoms with Crippen molar-refractivity contribution >= 4 is 41.0 Å². The smallest absolute Gasteiger partial charge is 0.291 e. The highest BCUT2D eigenvalue weighted by Crippen LogP contribution is 2.31. The number of imidazole rings is 1. The Hall–Kier alpha value is -4.60. The van der Waals surface area contributed by atoms with Gasteiger partial charge in [-0.1, -0.05) is 11.6 Å². The Morgan fingerprint density at radius 3 is 2.36 bits per heavy atom. The van der Waals surface area contributed by atoms with Crippen LogP contribution in [0.5, 0.6) is 5.75 Å². The summed E-state index contributed by atoms with van der Waals surface area (Å²) in [5.74, 6) is -4.87. The number of carboxylic acids is 1. The van der Waals surface area contributed by atoms with E-state index in [1.807, 2.05) is 0 Å². The highest BCUT2D eigenvalue weighted by molar-refractivity contribution is 6.34. The maximum Gasteiger partial charge on any atom is 0.291 e. The summed E-state index contributed by atoms with van der Waals surface area (Å²) in [4.78, 5) is 58.6. The van der Waals surface area contributed by atoms with E-state index < -0.39 is 23.5 Å². The number of nitrogens with two attached hydrogens (primary N) is 1. The lowest BCUT2D eigenvalue weighted by atomic mass is 9.92. The molecule has 5 rings (SSSR count). The summed E-state index contributed by atoms with van der Waals surface area (Å²) in [6, 6.07) is 7.07. The third-order valence-corrected chi connectivity index (χ3v) is 9.94. The second kappa shape index (κ2) is 15.5. The fourth-order valence-corrected chi connectivity index (χ4v) is 7.05. The number of benzene rings is 2. The van der Waals surface area contributed by atoms with Gasteiger partial charge in [0.2, 0.25) is 11.7 Å². The Balaban J connectivity index is 1.16. The van der Waals surface area contributed by atoms with E-state index in [-0.39, 0.29) is 63.4 Å². The third kappa shape index (κ3) is 7.74. The number of hydrogen-bond acceptors (Lipinski definition) is 8. The van der Waals surface area contributed by atoms with Gasteiger partial charge in [-0.15, -0.1) is 0 Å². The first kappa shape index (κ1) is 36.7. The summed E-state index contributed by atoms with van der Waals surface area (Å²) in [6.45, 7) is 3.52. The number of nitrogens with zero attached hydrogens (tertiary/aromatic N) is 5. The zero-order valence-electron chi connectivity index (χ0n) is 27.9. The average Bonchev–Trinajstić information content (AvgIpc) is 3.49. The van der Waals surface area contributed by atoms with Crippen LogP contribution in [0.3, 0.4) is 0 Å². The maximum atomic E-state index is 14.7. The van der Waals surface area contributed by atoms with Crippen molar-refractivity contribution in [3.63, 3.8) is 0 Å². The Kier molecular flexibility index (Phi) is 11.4. The number of ether oxygens (including phenoxy) is 1. The van der Waals surface area contributed by atoms with Crippen LogP contribution >= 0.6 is 11.6 Å². The maximum absolute atomic E-state index is 14.7. The number of likely N-dealkylation sites (tertiary alicyclic amines) is 1. The second-order valence-electron chi connectivity index (χ2n) is 12.7. The summed E-state index contributed by atoms with van der Waals surface area (Å²) in [7, 11) is 2.72. The number of hydrogen-bond donors (Lipinski definition) is 2. The van der Waals surface area contributed by atoms with Gasteiger partial charge in [-0.05, 0) is 36.9 Å². The van der Waals surface area contributed by atoms with Gasteiger partial charge in [-0.2, -0.15) is 4.39 Å². The van der Waals surface area contributed by atoms with E-state index in [4.69, 9.17) is 22.1 Å². The number of halogens is 3. The lowest BCUT2D eigenvalue weighted by molar-refractivity contribution is -0.928. The number of piperidine rings is 1. The first-order valence-electron chi connectivity index (χ1n) is 16.4. The van der Waals surface area contributed by atoms with E-state index in [0.29, 0.717) is 76.1 Å². The second-order valence-corrected chi connectivity index (χ2v) is 13.1. The molecule has 0 radical (unpaired) electrons. The van der Waals surface area contributed by atoms with Crippen molar-refractivity contribution in [2.45, 2.75) is 19.3 Å². The van der Waals surface area contributed by atoms with Gasteiger partial charge in [-0.25, -0.2) is 9.37 Å². The van der Waals surface area contributed by atoms with E-state index in [0.717, 1.165) is 0 Å². The molecule has 13 nitrogen and oxygen atoms in total. The van der Waals surface area contributed by atoms with Gasteiger partial charge in [0.1, 0.15) is 6.54 Å². The minimum absolute atomic E-state index is 0.0152. The first-order chi connectivity index (χ1) is 23.9. The largest absolute Gasteiger partial charge is 0.544 e. The van der Waals surface area contributed by atoms with Gasteiger partial charge in [0.05, 0.1) is 55.2 Å². The molecule has 0 spiro atoms. The number of carbonyl (C=O) groups excluding carboxylic acids is 4. The number of anilines is 1. The molecule has 2 fully saturated rings. The van der Waals surface area contributed by atoms with E-state index in [2.05, 4.69) is 10.3 Å². The zero-order valence-corrected chi connectivity index (χ0v) is 28.7. The van der Waals surface area contributed by atoms with Crippen LogP contribution in [0.25, 0.3) is 11.3 Å². The lowest BCUT2D eigenvalue weighted by Gasteiger charge is -2.45. The summed E-state index contributed by atoms with van der Waals surface area (Å²) in [6.07, 6.45) is 3.12. The molecule has 3 amide bonds. The lowest BCUT2D eigenvalue weighted by Crippen LogP contribution is -2.60. The van der Waals surface area contributed by atoms with E-state index in [1.54, 1.807) is 9.80 Å². The molecule has 50 heavy (non-hydrogen) atoms. The molecule has 0 unspecified atom stereocenters. The number of carbonyl (C=O) groups is 4. The van der Waals surface area contributed by atoms with Crippen molar-refractivity contribution in [3.8, 4) is 17.0 Å². The van der Waals surface area contributed by atoms with Crippen LogP contribution in [0.1, 0.15) is 40.2 Å². The minimum atomic E-state index is -1.16. The average molecular weight is 716 g/mol. The monoisotopic (exact) mass is 715 g/mol. The van der Waals surface area contributed by atoms with E-state index >= 15 is 0 Å². The van der Waals surface area contributed by atoms with E-state index in [9.17, 15) is 33.1 Å². The molecule has 0 saturated carbocycles. The van der Waals surface area contributed by atoms with Gasteiger partial charge in [0.15, 0.2) is 17.4 Å². The predicted molar refractivity (Wildman–Crippen MR) is 178 cm³/mol. The van der Waals surface area contributed by atoms with Crippen molar-refractivity contribution in [1.29, 1.82) is 0 Å². The number of aromatic nitrogens is 2. The van der Waals surface area contributed by atoms with Crippen LogP contribution in [-0.4, -0.2) is 114 Å². The summed E-state index contributed by atoms with van der Waals surface area (Å²) in [5.41, 5.74) is 6.24. The van der Waals surface area contributed by atoms with Gasteiger partial charge >= 0.3 is 0 Å². The van der Waals surface area contributed by atoms with Crippen LogP contribution < -0.4 is 20.9 Å². The molecular weight excluding hydrogens is 676 g/mol. The molecule has 2 aliphatic rings. The van der Waals surface area contributed by atoms with Gasteiger partial charge in [-0.3, -0.25) is 14.4 Å². The molecule has 1 aromatic heterocycles. The molecule has 0 atom stereocenters. The Labute approximate surface area is 293 Å². The quantitative estimate of drug-likeness (QED) is 0.285. The molecule has 0 aliphatic carbocycles. The molecule has 2 saturated heterocycles. The van der Waals surface area contributed by atoms with Crippen LogP contribution in [0.4, 0.5) is 14.5 Å². The number of nitrogens with one attached hydrogen (secondary N) is 1. The van der Waals surface area contributed by atoms with Crippen molar-refractivity contribution < 1.29 is 42.3 Å². The van der Waals surface area contributed by atoms with Gasteiger partial charge in [0, 0.05) is 69.7 Å². The first-order valence-corrected chi connectivity index (χ1v) is 16.7. The number of rotatable bonds is 11. The number of amides is 3.